The fourth-order valence-corrected chi connectivity index (χ4v) is 1.78. The van der Waals surface area contributed by atoms with Gasteiger partial charge in [0.1, 0.15) is 5.75 Å². The van der Waals surface area contributed by atoms with Gasteiger partial charge in [-0.05, 0) is 37.0 Å². The van der Waals surface area contributed by atoms with E-state index in [0.29, 0.717) is 18.0 Å². The molecule has 2 rings (SSSR count). The Balaban J connectivity index is 2.07. The summed E-state index contributed by atoms with van der Waals surface area (Å²) in [6.45, 7) is 2.43. The maximum absolute atomic E-state index is 11.0. The van der Waals surface area contributed by atoms with Gasteiger partial charge in [0.25, 0.3) is 0 Å². The second-order valence-corrected chi connectivity index (χ2v) is 4.59. The molecule has 4 nitrogen and oxygen atoms in total. The van der Waals surface area contributed by atoms with Crippen molar-refractivity contribution in [3.63, 3.8) is 0 Å². The summed E-state index contributed by atoms with van der Waals surface area (Å²) in [5.74, 6) is 0.386. The number of nitrogens with two attached hydrogens (primary N) is 1. The molecule has 0 heterocycles. The standard InChI is InChI=1S/C13H17NO3/c1-8-6-10(17-5-4-9-2-3-9)7-11(12(8)14)13(15)16/h6-7,9H,2-5,14H2,1H3,(H,15,16). The molecule has 1 aromatic carbocycles. The maximum atomic E-state index is 11.0. The van der Waals surface area contributed by atoms with Gasteiger partial charge in [-0.15, -0.1) is 0 Å². The lowest BCUT2D eigenvalue weighted by atomic mass is 10.1. The Labute approximate surface area is 100 Å². The molecule has 1 aliphatic rings. The quantitative estimate of drug-likeness (QED) is 0.769. The topological polar surface area (TPSA) is 72.5 Å². The molecule has 0 amide bonds. The maximum Gasteiger partial charge on any atom is 0.337 e. The van der Waals surface area contributed by atoms with Crippen molar-refractivity contribution >= 4 is 11.7 Å². The number of aromatic carboxylic acids is 1. The Morgan fingerprint density at radius 2 is 2.24 bits per heavy atom. The predicted molar refractivity (Wildman–Crippen MR) is 65.4 cm³/mol. The van der Waals surface area contributed by atoms with Crippen LogP contribution in [-0.4, -0.2) is 17.7 Å². The van der Waals surface area contributed by atoms with E-state index in [4.69, 9.17) is 15.6 Å². The average Bonchev–Trinajstić information content (AvgIpc) is 3.06. The Bertz CT molecular complexity index is 439. The third kappa shape index (κ3) is 2.90. The first-order valence-corrected chi connectivity index (χ1v) is 5.84. The minimum atomic E-state index is -1.02. The molecule has 0 aliphatic heterocycles. The number of benzene rings is 1. The zero-order valence-electron chi connectivity index (χ0n) is 9.90. The smallest absolute Gasteiger partial charge is 0.337 e. The van der Waals surface area contributed by atoms with Crippen molar-refractivity contribution in [2.24, 2.45) is 5.92 Å². The molecule has 1 fully saturated rings. The van der Waals surface area contributed by atoms with Gasteiger partial charge < -0.3 is 15.6 Å². The Morgan fingerprint density at radius 3 is 2.82 bits per heavy atom. The van der Waals surface area contributed by atoms with Gasteiger partial charge in [0.15, 0.2) is 0 Å². The molecule has 0 bridgehead atoms. The highest BCUT2D eigenvalue weighted by molar-refractivity contribution is 5.95. The van der Waals surface area contributed by atoms with Crippen molar-refractivity contribution in [3.8, 4) is 5.75 Å². The van der Waals surface area contributed by atoms with Crippen LogP contribution in [0.4, 0.5) is 5.69 Å². The number of carboxylic acid groups (broad SMARTS) is 1. The first kappa shape index (κ1) is 11.8. The molecule has 1 saturated carbocycles. The van der Waals surface area contributed by atoms with E-state index < -0.39 is 5.97 Å². The van der Waals surface area contributed by atoms with Crippen molar-refractivity contribution in [2.45, 2.75) is 26.2 Å². The molecule has 0 radical (unpaired) electrons. The van der Waals surface area contributed by atoms with Crippen molar-refractivity contribution in [1.29, 1.82) is 0 Å². The van der Waals surface area contributed by atoms with E-state index >= 15 is 0 Å². The number of carboxylic acids is 1. The van der Waals surface area contributed by atoms with Crippen LogP contribution in [0.15, 0.2) is 12.1 Å². The molecule has 3 N–H and O–H groups in total. The Morgan fingerprint density at radius 1 is 1.53 bits per heavy atom. The lowest BCUT2D eigenvalue weighted by molar-refractivity contribution is 0.0697. The van der Waals surface area contributed by atoms with Gasteiger partial charge in [-0.1, -0.05) is 12.8 Å². The highest BCUT2D eigenvalue weighted by Gasteiger charge is 2.21. The monoisotopic (exact) mass is 235 g/mol. The molecular weight excluding hydrogens is 218 g/mol. The molecule has 0 saturated heterocycles. The van der Waals surface area contributed by atoms with Crippen LogP contribution in [0, 0.1) is 12.8 Å². The van der Waals surface area contributed by atoms with Gasteiger partial charge in [0.05, 0.1) is 12.2 Å². The van der Waals surface area contributed by atoms with E-state index in [1.807, 2.05) is 0 Å². The molecule has 0 spiro atoms. The number of aryl methyl sites for hydroxylation is 1. The molecule has 1 aromatic rings. The average molecular weight is 235 g/mol. The fraction of sp³-hybridized carbons (Fsp3) is 0.462. The third-order valence-electron chi connectivity index (χ3n) is 3.08. The van der Waals surface area contributed by atoms with Gasteiger partial charge in [-0.3, -0.25) is 0 Å². The van der Waals surface area contributed by atoms with Crippen LogP contribution in [-0.2, 0) is 0 Å². The van der Waals surface area contributed by atoms with E-state index in [1.54, 1.807) is 13.0 Å². The number of anilines is 1. The van der Waals surface area contributed by atoms with Crippen molar-refractivity contribution in [2.75, 3.05) is 12.3 Å². The summed E-state index contributed by atoms with van der Waals surface area (Å²) < 4.78 is 5.56. The van der Waals surface area contributed by atoms with Gasteiger partial charge in [0.2, 0.25) is 0 Å². The van der Waals surface area contributed by atoms with Gasteiger partial charge in [-0.25, -0.2) is 4.79 Å². The van der Waals surface area contributed by atoms with Crippen LogP contribution in [0.5, 0.6) is 5.75 Å². The SMILES string of the molecule is Cc1cc(OCCC2CC2)cc(C(=O)O)c1N. The molecular formula is C13H17NO3. The highest BCUT2D eigenvalue weighted by Crippen LogP contribution is 2.32. The second kappa shape index (κ2) is 4.65. The molecule has 4 heteroatoms. The predicted octanol–water partition coefficient (Wildman–Crippen LogP) is 2.45. The van der Waals surface area contributed by atoms with Gasteiger partial charge in [0, 0.05) is 5.69 Å². The second-order valence-electron chi connectivity index (χ2n) is 4.59. The molecule has 0 atom stereocenters. The lowest BCUT2D eigenvalue weighted by Gasteiger charge is -2.10. The zero-order chi connectivity index (χ0) is 12.4. The first-order valence-electron chi connectivity index (χ1n) is 5.84. The molecule has 0 unspecified atom stereocenters. The van der Waals surface area contributed by atoms with Crippen molar-refractivity contribution < 1.29 is 14.6 Å². The van der Waals surface area contributed by atoms with Crippen LogP contribution in [0.2, 0.25) is 0 Å². The summed E-state index contributed by atoms with van der Waals surface area (Å²) in [5, 5.41) is 9.00. The summed E-state index contributed by atoms with van der Waals surface area (Å²) >= 11 is 0. The number of ether oxygens (including phenoxy) is 1. The number of hydrogen-bond acceptors (Lipinski definition) is 3. The van der Waals surface area contributed by atoms with E-state index in [1.165, 1.54) is 18.9 Å². The number of carbonyl (C=O) groups is 1. The van der Waals surface area contributed by atoms with Crippen molar-refractivity contribution in [3.05, 3.63) is 23.3 Å². The minimum absolute atomic E-state index is 0.117. The largest absolute Gasteiger partial charge is 0.494 e. The van der Waals surface area contributed by atoms with E-state index in [2.05, 4.69) is 0 Å². The number of hydrogen-bond donors (Lipinski definition) is 2. The normalized spacial score (nSPS) is 14.6. The van der Waals surface area contributed by atoms with E-state index in [-0.39, 0.29) is 5.56 Å². The summed E-state index contributed by atoms with van der Waals surface area (Å²) in [6.07, 6.45) is 3.64. The molecule has 17 heavy (non-hydrogen) atoms. The van der Waals surface area contributed by atoms with Crippen molar-refractivity contribution in [1.82, 2.24) is 0 Å². The third-order valence-corrected chi connectivity index (χ3v) is 3.08. The van der Waals surface area contributed by atoms with Crippen LogP contribution >= 0.6 is 0 Å². The van der Waals surface area contributed by atoms with Gasteiger partial charge >= 0.3 is 5.97 Å². The van der Waals surface area contributed by atoms with Crippen LogP contribution < -0.4 is 10.5 Å². The van der Waals surface area contributed by atoms with Crippen LogP contribution in [0.1, 0.15) is 35.2 Å². The molecule has 92 valence electrons. The van der Waals surface area contributed by atoms with E-state index in [9.17, 15) is 4.79 Å². The number of rotatable bonds is 5. The number of nitrogen functional groups attached to an aromatic ring is 1. The Kier molecular flexibility index (Phi) is 3.22. The van der Waals surface area contributed by atoms with E-state index in [0.717, 1.165) is 17.9 Å². The highest BCUT2D eigenvalue weighted by atomic mass is 16.5. The lowest BCUT2D eigenvalue weighted by Crippen LogP contribution is -2.06. The summed E-state index contributed by atoms with van der Waals surface area (Å²) in [7, 11) is 0. The first-order chi connectivity index (χ1) is 8.08. The van der Waals surface area contributed by atoms with Crippen LogP contribution in [0.3, 0.4) is 0 Å². The minimum Gasteiger partial charge on any atom is -0.494 e. The summed E-state index contributed by atoms with van der Waals surface area (Å²) in [4.78, 5) is 11.0. The summed E-state index contributed by atoms with van der Waals surface area (Å²) in [5.41, 5.74) is 6.87. The summed E-state index contributed by atoms with van der Waals surface area (Å²) in [6, 6.07) is 3.28. The van der Waals surface area contributed by atoms with Crippen LogP contribution in [0.25, 0.3) is 0 Å². The Hall–Kier alpha value is -1.71. The molecule has 0 aromatic heterocycles. The zero-order valence-corrected chi connectivity index (χ0v) is 9.90. The fourth-order valence-electron chi connectivity index (χ4n) is 1.78. The van der Waals surface area contributed by atoms with Gasteiger partial charge in [-0.2, -0.15) is 0 Å². The molecule has 1 aliphatic carbocycles.